The molecule has 88 valence electrons. The van der Waals surface area contributed by atoms with Crippen LogP contribution in [-0.2, 0) is 0 Å². The molecule has 0 amide bonds. The van der Waals surface area contributed by atoms with Crippen molar-refractivity contribution in [2.24, 2.45) is 11.7 Å². The van der Waals surface area contributed by atoms with Crippen LogP contribution in [-0.4, -0.2) is 0 Å². The molecule has 0 aliphatic heterocycles. The average Bonchev–Trinajstić information content (AvgIpc) is 2.29. The van der Waals surface area contributed by atoms with Gasteiger partial charge in [0.2, 0.25) is 0 Å². The molecule has 1 aromatic carbocycles. The van der Waals surface area contributed by atoms with Crippen LogP contribution in [0.4, 0.5) is 0 Å². The Balaban J connectivity index is 0.00000225. The highest BCUT2D eigenvalue weighted by atomic mass is 79.9. The van der Waals surface area contributed by atoms with Crippen molar-refractivity contribution in [2.45, 2.75) is 18.9 Å². The molecule has 2 N–H and O–H groups in total. The third kappa shape index (κ3) is 4.33. The van der Waals surface area contributed by atoms with E-state index in [2.05, 4.69) is 25.3 Å². The van der Waals surface area contributed by atoms with Crippen LogP contribution < -0.4 is 5.73 Å². The second-order valence-corrected chi connectivity index (χ2v) is 3.75. The first kappa shape index (κ1) is 15.1. The Morgan fingerprint density at radius 1 is 1.06 bits per heavy atom. The molecule has 1 nitrogen and oxygen atoms in total. The van der Waals surface area contributed by atoms with Gasteiger partial charge in [0.1, 0.15) is 0 Å². The molecule has 1 unspecified atom stereocenters. The van der Waals surface area contributed by atoms with E-state index in [1.807, 2.05) is 30.4 Å². The van der Waals surface area contributed by atoms with Crippen molar-refractivity contribution in [1.82, 2.24) is 0 Å². The molecule has 0 bridgehead atoms. The van der Waals surface area contributed by atoms with Crippen LogP contribution in [0.3, 0.4) is 0 Å². The lowest BCUT2D eigenvalue weighted by molar-refractivity contribution is 0.441. The number of rotatable bonds is 6. The minimum Gasteiger partial charge on any atom is -0.324 e. The highest BCUT2D eigenvalue weighted by Gasteiger charge is 2.16. The van der Waals surface area contributed by atoms with Gasteiger partial charge in [-0.2, -0.15) is 0 Å². The van der Waals surface area contributed by atoms with Gasteiger partial charge in [-0.25, -0.2) is 0 Å². The molecule has 0 aliphatic rings. The van der Waals surface area contributed by atoms with E-state index in [4.69, 9.17) is 5.73 Å². The van der Waals surface area contributed by atoms with Crippen molar-refractivity contribution in [3.8, 4) is 0 Å². The summed E-state index contributed by atoms with van der Waals surface area (Å²) in [7, 11) is 0. The maximum Gasteiger partial charge on any atom is 0.0329 e. The summed E-state index contributed by atoms with van der Waals surface area (Å²) in [5.74, 6) is 0.405. The predicted molar refractivity (Wildman–Crippen MR) is 76.8 cm³/mol. The van der Waals surface area contributed by atoms with E-state index >= 15 is 0 Å². The van der Waals surface area contributed by atoms with Crippen LogP contribution in [0.5, 0.6) is 0 Å². The molecule has 0 saturated carbocycles. The van der Waals surface area contributed by atoms with E-state index in [0.29, 0.717) is 5.92 Å². The Labute approximate surface area is 109 Å². The van der Waals surface area contributed by atoms with Gasteiger partial charge in [0, 0.05) is 6.04 Å². The van der Waals surface area contributed by atoms with Gasteiger partial charge in [0.15, 0.2) is 0 Å². The lowest BCUT2D eigenvalue weighted by Crippen LogP contribution is -2.20. The summed E-state index contributed by atoms with van der Waals surface area (Å²) in [6.45, 7) is 7.54. The molecule has 1 aromatic rings. The van der Waals surface area contributed by atoms with Crippen molar-refractivity contribution >= 4 is 17.0 Å². The van der Waals surface area contributed by atoms with Gasteiger partial charge >= 0.3 is 0 Å². The van der Waals surface area contributed by atoms with Crippen LogP contribution in [0.15, 0.2) is 55.6 Å². The molecule has 1 rings (SSSR count). The number of halogens is 1. The van der Waals surface area contributed by atoms with Crippen LogP contribution >= 0.6 is 17.0 Å². The van der Waals surface area contributed by atoms with Crippen molar-refractivity contribution < 1.29 is 0 Å². The van der Waals surface area contributed by atoms with Crippen LogP contribution in [0.2, 0.25) is 0 Å². The van der Waals surface area contributed by atoms with Gasteiger partial charge in [0.05, 0.1) is 0 Å². The smallest absolute Gasteiger partial charge is 0.0329 e. The van der Waals surface area contributed by atoms with E-state index in [0.717, 1.165) is 12.8 Å². The van der Waals surface area contributed by atoms with Crippen molar-refractivity contribution in [2.75, 3.05) is 0 Å². The van der Waals surface area contributed by atoms with Crippen LogP contribution in [0.25, 0.3) is 0 Å². The predicted octanol–water partition coefficient (Wildman–Crippen LogP) is 4.03. The third-order valence-corrected chi connectivity index (χ3v) is 2.63. The Morgan fingerprint density at radius 2 is 1.56 bits per heavy atom. The van der Waals surface area contributed by atoms with Gasteiger partial charge in [0.25, 0.3) is 0 Å². The molecule has 0 heterocycles. The Bertz CT molecular complexity index is 298. The maximum absolute atomic E-state index is 6.22. The number of hydrogen-bond acceptors (Lipinski definition) is 1. The second-order valence-electron chi connectivity index (χ2n) is 3.75. The molecule has 0 fully saturated rings. The highest BCUT2D eigenvalue weighted by molar-refractivity contribution is 8.93. The van der Waals surface area contributed by atoms with Crippen molar-refractivity contribution in [3.63, 3.8) is 0 Å². The van der Waals surface area contributed by atoms with Gasteiger partial charge in [-0.3, -0.25) is 0 Å². The molecule has 0 radical (unpaired) electrons. The fourth-order valence-electron chi connectivity index (χ4n) is 1.77. The quantitative estimate of drug-likeness (QED) is 0.783. The normalized spacial score (nSPS) is 11.6. The van der Waals surface area contributed by atoms with Gasteiger partial charge < -0.3 is 5.73 Å². The number of benzene rings is 1. The number of allylic oxidation sites excluding steroid dienone is 2. The van der Waals surface area contributed by atoms with Gasteiger partial charge in [-0.1, -0.05) is 42.5 Å². The Kier molecular flexibility index (Phi) is 7.86. The standard InChI is InChI=1S/C14H19N.BrH/c1-3-8-12(9-4-2)14(15)13-10-6-5-7-11-13;/h3-7,10-12,14H,1-2,8-9,15H2;1H. The second kappa shape index (κ2) is 8.31. The molecule has 0 saturated heterocycles. The maximum atomic E-state index is 6.22. The Hall–Kier alpha value is -0.860. The van der Waals surface area contributed by atoms with E-state index in [1.165, 1.54) is 5.56 Å². The zero-order chi connectivity index (χ0) is 11.1. The van der Waals surface area contributed by atoms with Crippen LogP contribution in [0, 0.1) is 5.92 Å². The summed E-state index contributed by atoms with van der Waals surface area (Å²) in [4.78, 5) is 0. The summed E-state index contributed by atoms with van der Waals surface area (Å²) in [6.07, 6.45) is 5.72. The van der Waals surface area contributed by atoms with Crippen LogP contribution in [0.1, 0.15) is 24.4 Å². The lowest BCUT2D eigenvalue weighted by Gasteiger charge is -2.21. The fourth-order valence-corrected chi connectivity index (χ4v) is 1.77. The van der Waals surface area contributed by atoms with Gasteiger partial charge in [-0.05, 0) is 24.3 Å². The van der Waals surface area contributed by atoms with E-state index in [1.54, 1.807) is 0 Å². The Morgan fingerprint density at radius 3 is 2.00 bits per heavy atom. The molecule has 0 aliphatic carbocycles. The molecule has 16 heavy (non-hydrogen) atoms. The average molecular weight is 282 g/mol. The highest BCUT2D eigenvalue weighted by Crippen LogP contribution is 2.25. The van der Waals surface area contributed by atoms with E-state index in [9.17, 15) is 0 Å². The molecule has 1 atom stereocenters. The van der Waals surface area contributed by atoms with Gasteiger partial charge in [-0.15, -0.1) is 30.1 Å². The van der Waals surface area contributed by atoms with Crippen molar-refractivity contribution in [1.29, 1.82) is 0 Å². The summed E-state index contributed by atoms with van der Waals surface area (Å²) < 4.78 is 0. The monoisotopic (exact) mass is 281 g/mol. The molecular weight excluding hydrogens is 262 g/mol. The minimum atomic E-state index is 0. The number of hydrogen-bond donors (Lipinski definition) is 1. The zero-order valence-corrected chi connectivity index (χ0v) is 11.2. The summed E-state index contributed by atoms with van der Waals surface area (Å²) >= 11 is 0. The molecule has 0 aromatic heterocycles. The van der Waals surface area contributed by atoms with E-state index in [-0.39, 0.29) is 23.0 Å². The number of nitrogens with two attached hydrogens (primary N) is 1. The molecule has 2 heteroatoms. The molecular formula is C14H20BrN. The third-order valence-electron chi connectivity index (χ3n) is 2.63. The largest absolute Gasteiger partial charge is 0.324 e. The summed E-state index contributed by atoms with van der Waals surface area (Å²) in [5.41, 5.74) is 7.40. The lowest BCUT2D eigenvalue weighted by atomic mass is 9.88. The summed E-state index contributed by atoms with van der Waals surface area (Å²) in [6, 6.07) is 10.3. The first-order valence-corrected chi connectivity index (χ1v) is 5.32. The fraction of sp³-hybridized carbons (Fsp3) is 0.286. The SMILES string of the molecule is Br.C=CCC(CC=C)C(N)c1ccccc1. The van der Waals surface area contributed by atoms with E-state index < -0.39 is 0 Å². The first-order chi connectivity index (χ1) is 7.29. The van der Waals surface area contributed by atoms with Crippen molar-refractivity contribution in [3.05, 3.63) is 61.2 Å². The molecule has 0 spiro atoms. The topological polar surface area (TPSA) is 26.0 Å². The minimum absolute atomic E-state index is 0. The zero-order valence-electron chi connectivity index (χ0n) is 9.51. The summed E-state index contributed by atoms with van der Waals surface area (Å²) in [5, 5.41) is 0. The first-order valence-electron chi connectivity index (χ1n) is 5.32.